The number of nitrogens with zero attached hydrogens (tertiary/aromatic N) is 1. The summed E-state index contributed by atoms with van der Waals surface area (Å²) >= 11 is 0. The van der Waals surface area contributed by atoms with Crippen LogP contribution in [0.3, 0.4) is 0 Å². The van der Waals surface area contributed by atoms with E-state index in [0.717, 1.165) is 6.29 Å². The summed E-state index contributed by atoms with van der Waals surface area (Å²) in [5.41, 5.74) is 5.45. The minimum Gasteiger partial charge on any atom is -0.456 e. The maximum Gasteiger partial charge on any atom is 0.274 e. The first-order valence-corrected chi connectivity index (χ1v) is 15.0. The third-order valence-electron chi connectivity index (χ3n) is 7.28. The van der Waals surface area contributed by atoms with Crippen molar-refractivity contribution < 1.29 is 19.0 Å². The Morgan fingerprint density at radius 1 is 0.978 bits per heavy atom. The number of anilines is 1. The molecule has 0 bridgehead atoms. The highest BCUT2D eigenvalue weighted by Crippen LogP contribution is 2.40. The first-order chi connectivity index (χ1) is 21.3. The summed E-state index contributed by atoms with van der Waals surface area (Å²) in [6.07, 6.45) is 2.64. The molecule has 0 unspecified atom stereocenters. The summed E-state index contributed by atoms with van der Waals surface area (Å²) in [5, 5.41) is 14.4. The molecule has 0 aliphatic heterocycles. The number of nitrogens with one attached hydrogen (secondary N) is 2. The van der Waals surface area contributed by atoms with Gasteiger partial charge in [-0.05, 0) is 93.8 Å². The van der Waals surface area contributed by atoms with Crippen LogP contribution in [0.15, 0.2) is 71.7 Å². The zero-order valence-corrected chi connectivity index (χ0v) is 27.6. The maximum atomic E-state index is 13.9. The van der Waals surface area contributed by atoms with Gasteiger partial charge >= 0.3 is 0 Å². The van der Waals surface area contributed by atoms with E-state index < -0.39 is 5.60 Å². The first-order valence-electron chi connectivity index (χ1n) is 15.0. The highest BCUT2D eigenvalue weighted by atomic mass is 19.1. The van der Waals surface area contributed by atoms with Crippen LogP contribution in [0, 0.1) is 26.6 Å². The standard InChI is InChI=1S/C27H27FN2O4.C8H11N.C2H6/c1-15-10-18(28)11-16(2)25(15)34-23-7-6-17(27(3,4)33)12-20(23)22-14-30(5)26(32)24-21(22)13-19(29-24)8-9-31;1-7-3-5-8(9-2)6-4-7;1-2/h6-7,9-14,29,33H,8H2,1-5H3;3-6,9H,1-2H3;1-2H3. The van der Waals surface area contributed by atoms with Gasteiger partial charge in [0.05, 0.1) is 5.60 Å². The molecule has 0 spiro atoms. The number of fused-ring (bicyclic) bond motifs is 1. The lowest BCUT2D eigenvalue weighted by molar-refractivity contribution is -0.107. The van der Waals surface area contributed by atoms with Crippen LogP contribution in [0.2, 0.25) is 0 Å². The number of H-pyrrole nitrogens is 1. The van der Waals surface area contributed by atoms with Crippen LogP contribution >= 0.6 is 0 Å². The van der Waals surface area contributed by atoms with E-state index in [1.54, 1.807) is 59.1 Å². The number of carbonyl (C=O) groups is 1. The lowest BCUT2D eigenvalue weighted by Gasteiger charge is -2.22. The van der Waals surface area contributed by atoms with Crippen molar-refractivity contribution in [2.24, 2.45) is 7.05 Å². The van der Waals surface area contributed by atoms with Gasteiger partial charge in [0.1, 0.15) is 29.1 Å². The van der Waals surface area contributed by atoms with E-state index in [0.29, 0.717) is 55.9 Å². The number of aryl methyl sites for hydroxylation is 4. The Balaban J connectivity index is 0.000000427. The number of aromatic amines is 1. The monoisotopic (exact) mass is 613 g/mol. The van der Waals surface area contributed by atoms with Crippen LogP contribution < -0.4 is 15.6 Å². The third kappa shape index (κ3) is 8.28. The predicted molar refractivity (Wildman–Crippen MR) is 182 cm³/mol. The van der Waals surface area contributed by atoms with Gasteiger partial charge in [-0.3, -0.25) is 4.79 Å². The maximum absolute atomic E-state index is 13.9. The van der Waals surface area contributed by atoms with E-state index in [4.69, 9.17) is 4.74 Å². The Morgan fingerprint density at radius 3 is 2.16 bits per heavy atom. The van der Waals surface area contributed by atoms with Gasteiger partial charge in [-0.15, -0.1) is 0 Å². The largest absolute Gasteiger partial charge is 0.456 e. The van der Waals surface area contributed by atoms with Crippen LogP contribution in [0.5, 0.6) is 11.5 Å². The molecule has 3 N–H and O–H groups in total. The molecular formula is C37H44FN3O4. The van der Waals surface area contributed by atoms with Gasteiger partial charge in [-0.1, -0.05) is 37.6 Å². The topological polar surface area (TPSA) is 96.3 Å². The number of pyridine rings is 1. The number of aromatic nitrogens is 2. The van der Waals surface area contributed by atoms with Crippen molar-refractivity contribution in [3.8, 4) is 22.6 Å². The molecule has 0 fully saturated rings. The smallest absolute Gasteiger partial charge is 0.274 e. The number of ether oxygens (including phenoxy) is 1. The van der Waals surface area contributed by atoms with E-state index in [9.17, 15) is 19.1 Å². The van der Waals surface area contributed by atoms with Gasteiger partial charge < -0.3 is 29.5 Å². The molecule has 0 radical (unpaired) electrons. The molecule has 2 aromatic heterocycles. The van der Waals surface area contributed by atoms with Crippen molar-refractivity contribution >= 4 is 22.9 Å². The molecule has 0 aliphatic rings. The van der Waals surface area contributed by atoms with Crippen LogP contribution in [0.4, 0.5) is 10.1 Å². The SMILES string of the molecule is CC.CNc1ccc(C)cc1.Cc1cc(F)cc(C)c1Oc1ccc(C(C)(C)O)cc1-c1cn(C)c(=O)c2[nH]c(CC=O)cc12. The second kappa shape index (κ2) is 14.9. The number of hydrogen-bond acceptors (Lipinski definition) is 5. The van der Waals surface area contributed by atoms with Gasteiger partial charge in [-0.25, -0.2) is 4.39 Å². The second-order valence-corrected chi connectivity index (χ2v) is 11.3. The summed E-state index contributed by atoms with van der Waals surface area (Å²) < 4.78 is 21.6. The van der Waals surface area contributed by atoms with Crippen LogP contribution in [-0.2, 0) is 23.9 Å². The lowest BCUT2D eigenvalue weighted by Crippen LogP contribution is -2.17. The average molecular weight is 614 g/mol. The molecule has 0 aliphatic carbocycles. The molecule has 0 amide bonds. The second-order valence-electron chi connectivity index (χ2n) is 11.3. The Hall–Kier alpha value is -4.69. The van der Waals surface area contributed by atoms with Crippen LogP contribution in [0.25, 0.3) is 22.0 Å². The third-order valence-corrected chi connectivity index (χ3v) is 7.28. The Morgan fingerprint density at radius 2 is 1.60 bits per heavy atom. The van der Waals surface area contributed by atoms with Gasteiger partial charge in [-0.2, -0.15) is 0 Å². The fourth-order valence-corrected chi connectivity index (χ4v) is 4.90. The highest BCUT2D eigenvalue weighted by Gasteiger charge is 2.22. The molecule has 5 aromatic rings. The Labute approximate surface area is 264 Å². The minimum atomic E-state index is -1.12. The van der Waals surface area contributed by atoms with Crippen LogP contribution in [0.1, 0.15) is 55.6 Å². The quantitative estimate of drug-likeness (QED) is 0.161. The molecule has 238 valence electrons. The summed E-state index contributed by atoms with van der Waals surface area (Å²) in [5.74, 6) is 0.689. The van der Waals surface area contributed by atoms with E-state index in [1.165, 1.54) is 28.0 Å². The first kappa shape index (κ1) is 34.8. The van der Waals surface area contributed by atoms with E-state index in [1.807, 2.05) is 27.0 Å². The normalized spacial score (nSPS) is 10.8. The number of halogens is 1. The van der Waals surface area contributed by atoms with E-state index >= 15 is 0 Å². The minimum absolute atomic E-state index is 0.151. The summed E-state index contributed by atoms with van der Waals surface area (Å²) in [6, 6.07) is 18.3. The number of aldehydes is 1. The van der Waals surface area contributed by atoms with Crippen molar-refractivity contribution in [2.45, 2.75) is 60.5 Å². The van der Waals surface area contributed by atoms with Crippen molar-refractivity contribution in [3.63, 3.8) is 0 Å². The molecule has 8 heteroatoms. The van der Waals surface area contributed by atoms with Gasteiger partial charge in [0.25, 0.3) is 5.56 Å². The number of aliphatic hydroxyl groups is 1. The molecule has 0 saturated carbocycles. The number of rotatable bonds is 7. The fraction of sp³-hybridized carbons (Fsp3) is 0.297. The zero-order chi connectivity index (χ0) is 33.5. The molecule has 0 atom stereocenters. The molecule has 3 aromatic carbocycles. The molecule has 2 heterocycles. The van der Waals surface area contributed by atoms with Gasteiger partial charge in [0.2, 0.25) is 0 Å². The van der Waals surface area contributed by atoms with Crippen LogP contribution in [-0.4, -0.2) is 28.0 Å². The average Bonchev–Trinajstić information content (AvgIpc) is 3.42. The summed E-state index contributed by atoms with van der Waals surface area (Å²) in [4.78, 5) is 26.9. The van der Waals surface area contributed by atoms with Crippen molar-refractivity contribution in [3.05, 3.63) is 111 Å². The Bertz CT molecular complexity index is 1810. The Kier molecular flexibility index (Phi) is 11.5. The zero-order valence-electron chi connectivity index (χ0n) is 27.6. The predicted octanol–water partition coefficient (Wildman–Crippen LogP) is 8.11. The van der Waals surface area contributed by atoms with Gasteiger partial charge in [0.15, 0.2) is 0 Å². The molecular weight excluding hydrogens is 569 g/mol. The highest BCUT2D eigenvalue weighted by molar-refractivity contribution is 5.97. The summed E-state index contributed by atoms with van der Waals surface area (Å²) in [7, 11) is 3.57. The number of benzene rings is 3. The van der Waals surface area contributed by atoms with E-state index in [-0.39, 0.29) is 17.8 Å². The van der Waals surface area contributed by atoms with Crippen molar-refractivity contribution in [2.75, 3.05) is 12.4 Å². The lowest BCUT2D eigenvalue weighted by atomic mass is 9.93. The molecule has 0 saturated heterocycles. The van der Waals surface area contributed by atoms with Crippen molar-refractivity contribution in [1.29, 1.82) is 0 Å². The number of carbonyl (C=O) groups excluding carboxylic acids is 1. The van der Waals surface area contributed by atoms with E-state index in [2.05, 4.69) is 41.5 Å². The molecule has 5 rings (SSSR count). The molecule has 45 heavy (non-hydrogen) atoms. The summed E-state index contributed by atoms with van der Waals surface area (Å²) in [6.45, 7) is 13.0. The number of hydrogen-bond donors (Lipinski definition) is 3. The molecule has 7 nitrogen and oxygen atoms in total. The fourth-order valence-electron chi connectivity index (χ4n) is 4.90. The van der Waals surface area contributed by atoms with Gasteiger partial charge in [0, 0.05) is 54.6 Å². The van der Waals surface area contributed by atoms with Crippen molar-refractivity contribution in [1.82, 2.24) is 9.55 Å².